The molecule has 0 radical (unpaired) electrons. The lowest BCUT2D eigenvalue weighted by Gasteiger charge is -2.23. The van der Waals surface area contributed by atoms with E-state index in [9.17, 15) is 0 Å². The normalized spacial score (nSPS) is 10.8. The molecule has 1 aromatic carbocycles. The lowest BCUT2D eigenvalue weighted by molar-refractivity contribution is 0.730. The van der Waals surface area contributed by atoms with Crippen LogP contribution in [0, 0.1) is 6.92 Å². The summed E-state index contributed by atoms with van der Waals surface area (Å²) in [5.74, 6) is 2.55. The summed E-state index contributed by atoms with van der Waals surface area (Å²) in [7, 11) is 0. The van der Waals surface area contributed by atoms with Gasteiger partial charge in [0.1, 0.15) is 17.5 Å². The minimum absolute atomic E-state index is 0.769. The van der Waals surface area contributed by atoms with Crippen molar-refractivity contribution in [2.45, 2.75) is 33.6 Å². The van der Waals surface area contributed by atoms with E-state index in [4.69, 9.17) is 0 Å². The molecule has 0 aliphatic carbocycles. The lowest BCUT2D eigenvalue weighted by Crippen LogP contribution is -2.26. The van der Waals surface area contributed by atoms with Crippen molar-refractivity contribution in [3.8, 4) is 0 Å². The number of nitrogens with zero attached hydrogens (tertiary/aromatic N) is 4. The average Bonchev–Trinajstić information content (AvgIpc) is 2.61. The highest BCUT2D eigenvalue weighted by Crippen LogP contribution is 2.25. The molecule has 25 heavy (non-hydrogen) atoms. The van der Waals surface area contributed by atoms with Crippen LogP contribution in [0.4, 0.5) is 17.3 Å². The van der Waals surface area contributed by atoms with Crippen molar-refractivity contribution in [3.05, 3.63) is 48.4 Å². The number of aryl methyl sites for hydroxylation is 1. The van der Waals surface area contributed by atoms with Gasteiger partial charge >= 0.3 is 0 Å². The van der Waals surface area contributed by atoms with Gasteiger partial charge in [0.25, 0.3) is 0 Å². The summed E-state index contributed by atoms with van der Waals surface area (Å²) in [5, 5.41) is 4.54. The van der Waals surface area contributed by atoms with Crippen LogP contribution in [-0.2, 0) is 0 Å². The molecule has 3 aromatic rings. The van der Waals surface area contributed by atoms with Crippen molar-refractivity contribution in [3.63, 3.8) is 0 Å². The minimum Gasteiger partial charge on any atom is -0.356 e. The molecule has 0 unspecified atom stereocenters. The summed E-state index contributed by atoms with van der Waals surface area (Å²) in [4.78, 5) is 16.0. The van der Waals surface area contributed by atoms with E-state index in [0.29, 0.717) is 0 Å². The first-order valence-electron chi connectivity index (χ1n) is 8.92. The SMILES string of the molecule is CCCN(CCC)c1cc(Nc2cccc3cccnc23)nc(C)n1. The Kier molecular flexibility index (Phi) is 5.43. The number of benzene rings is 1. The standard InChI is InChI=1S/C20H25N5/c1-4-12-25(13-5-2)19-14-18(22-15(3)23-19)24-17-10-6-8-16-9-7-11-21-20(16)17/h6-11,14H,4-5,12-13H2,1-3H3,(H,22,23,24). The zero-order chi connectivity index (χ0) is 17.6. The third kappa shape index (κ3) is 4.05. The van der Waals surface area contributed by atoms with Gasteiger partial charge in [-0.25, -0.2) is 9.97 Å². The molecule has 0 fully saturated rings. The van der Waals surface area contributed by atoms with Gasteiger partial charge in [-0.2, -0.15) is 0 Å². The quantitative estimate of drug-likeness (QED) is 0.678. The van der Waals surface area contributed by atoms with Gasteiger partial charge in [-0.05, 0) is 31.9 Å². The maximum atomic E-state index is 4.63. The molecule has 0 saturated heterocycles. The summed E-state index contributed by atoms with van der Waals surface area (Å²) in [6.45, 7) is 8.32. The van der Waals surface area contributed by atoms with Gasteiger partial charge in [0, 0.05) is 30.7 Å². The molecule has 0 atom stereocenters. The maximum absolute atomic E-state index is 4.63. The fraction of sp³-hybridized carbons (Fsp3) is 0.350. The van der Waals surface area contributed by atoms with Crippen LogP contribution in [0.3, 0.4) is 0 Å². The molecule has 5 heteroatoms. The summed E-state index contributed by atoms with van der Waals surface area (Å²) in [6.07, 6.45) is 4.01. The molecule has 1 N–H and O–H groups in total. The number of aromatic nitrogens is 3. The predicted octanol–water partition coefficient (Wildman–Crippen LogP) is 4.70. The fourth-order valence-electron chi connectivity index (χ4n) is 3.00. The second-order valence-electron chi connectivity index (χ2n) is 6.15. The Bertz CT molecular complexity index is 835. The Balaban J connectivity index is 1.94. The smallest absolute Gasteiger partial charge is 0.136 e. The number of pyridine rings is 1. The van der Waals surface area contributed by atoms with E-state index < -0.39 is 0 Å². The molecule has 0 aliphatic rings. The lowest BCUT2D eigenvalue weighted by atomic mass is 10.2. The van der Waals surface area contributed by atoms with Crippen LogP contribution in [0.5, 0.6) is 0 Å². The summed E-state index contributed by atoms with van der Waals surface area (Å²) < 4.78 is 0. The number of anilines is 3. The molecule has 0 saturated carbocycles. The molecule has 2 aromatic heterocycles. The Morgan fingerprint density at radius 2 is 1.76 bits per heavy atom. The number of rotatable bonds is 7. The van der Waals surface area contributed by atoms with E-state index in [2.05, 4.69) is 51.1 Å². The molecular formula is C20H25N5. The van der Waals surface area contributed by atoms with Crippen LogP contribution in [0.15, 0.2) is 42.6 Å². The highest BCUT2D eigenvalue weighted by atomic mass is 15.2. The first-order chi connectivity index (χ1) is 12.2. The molecule has 0 aliphatic heterocycles. The number of fused-ring (bicyclic) bond motifs is 1. The van der Waals surface area contributed by atoms with E-state index in [1.54, 1.807) is 0 Å². The molecule has 0 spiro atoms. The van der Waals surface area contributed by atoms with Crippen molar-refractivity contribution in [2.75, 3.05) is 23.3 Å². The molecular weight excluding hydrogens is 310 g/mol. The van der Waals surface area contributed by atoms with E-state index in [0.717, 1.165) is 60.0 Å². The van der Waals surface area contributed by atoms with Crippen molar-refractivity contribution in [1.29, 1.82) is 0 Å². The third-order valence-corrected chi connectivity index (χ3v) is 4.03. The highest BCUT2D eigenvalue weighted by Gasteiger charge is 2.10. The summed E-state index contributed by atoms with van der Waals surface area (Å²) in [5.41, 5.74) is 1.90. The Labute approximate surface area is 149 Å². The van der Waals surface area contributed by atoms with Crippen molar-refractivity contribution >= 4 is 28.2 Å². The van der Waals surface area contributed by atoms with Gasteiger partial charge in [0.15, 0.2) is 0 Å². The van der Waals surface area contributed by atoms with Crippen LogP contribution in [-0.4, -0.2) is 28.0 Å². The van der Waals surface area contributed by atoms with Crippen molar-refractivity contribution in [1.82, 2.24) is 15.0 Å². The zero-order valence-corrected chi connectivity index (χ0v) is 15.2. The molecule has 3 rings (SSSR count). The fourth-order valence-corrected chi connectivity index (χ4v) is 3.00. The Morgan fingerprint density at radius 3 is 2.52 bits per heavy atom. The van der Waals surface area contributed by atoms with Gasteiger partial charge in [-0.15, -0.1) is 0 Å². The zero-order valence-electron chi connectivity index (χ0n) is 15.2. The number of para-hydroxylation sites is 1. The minimum atomic E-state index is 0.769. The van der Waals surface area contributed by atoms with E-state index >= 15 is 0 Å². The number of hydrogen-bond donors (Lipinski definition) is 1. The van der Waals surface area contributed by atoms with Gasteiger partial charge in [-0.1, -0.05) is 32.0 Å². The van der Waals surface area contributed by atoms with E-state index in [1.807, 2.05) is 37.4 Å². The Hall–Kier alpha value is -2.69. The van der Waals surface area contributed by atoms with E-state index in [1.165, 1.54) is 0 Å². The van der Waals surface area contributed by atoms with Crippen LogP contribution < -0.4 is 10.2 Å². The first kappa shape index (κ1) is 17.1. The van der Waals surface area contributed by atoms with Gasteiger partial charge < -0.3 is 10.2 Å². The maximum Gasteiger partial charge on any atom is 0.136 e. The topological polar surface area (TPSA) is 53.9 Å². The number of nitrogens with one attached hydrogen (secondary N) is 1. The van der Waals surface area contributed by atoms with Crippen molar-refractivity contribution in [2.24, 2.45) is 0 Å². The van der Waals surface area contributed by atoms with Crippen LogP contribution in [0.2, 0.25) is 0 Å². The van der Waals surface area contributed by atoms with E-state index in [-0.39, 0.29) is 0 Å². The summed E-state index contributed by atoms with van der Waals surface area (Å²) in [6, 6.07) is 12.2. The molecule has 0 bridgehead atoms. The largest absolute Gasteiger partial charge is 0.356 e. The second-order valence-corrected chi connectivity index (χ2v) is 6.15. The third-order valence-electron chi connectivity index (χ3n) is 4.03. The average molecular weight is 335 g/mol. The summed E-state index contributed by atoms with van der Waals surface area (Å²) >= 11 is 0. The van der Waals surface area contributed by atoms with Crippen LogP contribution in [0.1, 0.15) is 32.5 Å². The van der Waals surface area contributed by atoms with Crippen LogP contribution >= 0.6 is 0 Å². The van der Waals surface area contributed by atoms with Crippen LogP contribution in [0.25, 0.3) is 10.9 Å². The van der Waals surface area contributed by atoms with Crippen molar-refractivity contribution < 1.29 is 0 Å². The van der Waals surface area contributed by atoms with Gasteiger partial charge in [-0.3, -0.25) is 4.98 Å². The molecule has 2 heterocycles. The Morgan fingerprint density at radius 1 is 1.00 bits per heavy atom. The second kappa shape index (κ2) is 7.92. The molecule has 5 nitrogen and oxygen atoms in total. The highest BCUT2D eigenvalue weighted by molar-refractivity contribution is 5.91. The first-order valence-corrected chi connectivity index (χ1v) is 8.92. The number of hydrogen-bond acceptors (Lipinski definition) is 5. The molecule has 0 amide bonds. The van der Waals surface area contributed by atoms with Gasteiger partial charge in [0.2, 0.25) is 0 Å². The van der Waals surface area contributed by atoms with Gasteiger partial charge in [0.05, 0.1) is 11.2 Å². The predicted molar refractivity (Wildman–Crippen MR) is 105 cm³/mol. The molecule has 130 valence electrons. The monoisotopic (exact) mass is 335 g/mol.